The van der Waals surface area contributed by atoms with Gasteiger partial charge in [0.1, 0.15) is 0 Å². The smallest absolute Gasteiger partial charge is 0.225 e. The minimum atomic E-state index is 0.0817. The van der Waals surface area contributed by atoms with E-state index >= 15 is 0 Å². The van der Waals surface area contributed by atoms with Crippen LogP contribution in [-0.4, -0.2) is 15.7 Å². The molecule has 19 heavy (non-hydrogen) atoms. The molecule has 2 aromatic rings. The molecule has 1 N–H and O–H groups in total. The average molecular weight is 275 g/mol. The molecular formula is C14H17N3OS. The van der Waals surface area contributed by atoms with Crippen LogP contribution >= 0.6 is 11.3 Å². The SMILES string of the molecule is O=C(Cc1cccs1)NCc1cnn2c1CCCC2. The number of carbonyl (C=O) groups excluding carboxylic acids is 1. The summed E-state index contributed by atoms with van der Waals surface area (Å²) in [4.78, 5) is 12.9. The predicted octanol–water partition coefficient (Wildman–Crippen LogP) is 2.14. The molecule has 1 aliphatic rings. The van der Waals surface area contributed by atoms with Gasteiger partial charge in [-0.2, -0.15) is 5.10 Å². The molecule has 100 valence electrons. The third-order valence-electron chi connectivity index (χ3n) is 3.46. The van der Waals surface area contributed by atoms with Gasteiger partial charge in [-0.15, -0.1) is 11.3 Å². The van der Waals surface area contributed by atoms with E-state index in [9.17, 15) is 4.79 Å². The Morgan fingerprint density at radius 2 is 2.42 bits per heavy atom. The molecule has 0 unspecified atom stereocenters. The van der Waals surface area contributed by atoms with Gasteiger partial charge >= 0.3 is 0 Å². The summed E-state index contributed by atoms with van der Waals surface area (Å²) in [6.07, 6.45) is 5.88. The van der Waals surface area contributed by atoms with Gasteiger partial charge in [0, 0.05) is 29.2 Å². The molecule has 0 radical (unpaired) electrons. The lowest BCUT2D eigenvalue weighted by atomic mass is 10.1. The zero-order valence-corrected chi connectivity index (χ0v) is 11.6. The molecule has 0 fully saturated rings. The van der Waals surface area contributed by atoms with Crippen molar-refractivity contribution >= 4 is 17.2 Å². The molecule has 3 heterocycles. The fraction of sp³-hybridized carbons (Fsp3) is 0.429. The van der Waals surface area contributed by atoms with Crippen LogP contribution < -0.4 is 5.32 Å². The first-order valence-electron chi connectivity index (χ1n) is 6.65. The monoisotopic (exact) mass is 275 g/mol. The third-order valence-corrected chi connectivity index (χ3v) is 4.34. The summed E-state index contributed by atoms with van der Waals surface area (Å²) < 4.78 is 2.07. The van der Waals surface area contributed by atoms with Gasteiger partial charge < -0.3 is 5.32 Å². The molecular weight excluding hydrogens is 258 g/mol. The van der Waals surface area contributed by atoms with Gasteiger partial charge in [0.15, 0.2) is 0 Å². The van der Waals surface area contributed by atoms with Crippen LogP contribution in [-0.2, 0) is 30.7 Å². The lowest BCUT2D eigenvalue weighted by Gasteiger charge is -2.14. The van der Waals surface area contributed by atoms with Crippen molar-refractivity contribution in [2.45, 2.75) is 38.8 Å². The zero-order chi connectivity index (χ0) is 13.1. The number of aryl methyl sites for hydroxylation is 1. The lowest BCUT2D eigenvalue weighted by molar-refractivity contribution is -0.120. The van der Waals surface area contributed by atoms with Gasteiger partial charge in [0.2, 0.25) is 5.91 Å². The molecule has 0 aliphatic carbocycles. The molecule has 2 aromatic heterocycles. The summed E-state index contributed by atoms with van der Waals surface area (Å²) in [6.45, 7) is 1.61. The number of fused-ring (bicyclic) bond motifs is 1. The molecule has 1 aliphatic heterocycles. The Labute approximate surface area is 116 Å². The molecule has 0 atom stereocenters. The predicted molar refractivity (Wildman–Crippen MR) is 75.0 cm³/mol. The number of rotatable bonds is 4. The van der Waals surface area contributed by atoms with Gasteiger partial charge in [-0.1, -0.05) is 6.07 Å². The van der Waals surface area contributed by atoms with Crippen molar-refractivity contribution in [1.29, 1.82) is 0 Å². The van der Waals surface area contributed by atoms with Crippen LogP contribution in [0.5, 0.6) is 0 Å². The molecule has 4 nitrogen and oxygen atoms in total. The molecule has 0 saturated heterocycles. The fourth-order valence-corrected chi connectivity index (χ4v) is 3.16. The first-order valence-corrected chi connectivity index (χ1v) is 7.53. The number of thiophene rings is 1. The van der Waals surface area contributed by atoms with Crippen LogP contribution in [0.1, 0.15) is 29.0 Å². The number of hydrogen-bond acceptors (Lipinski definition) is 3. The van der Waals surface area contributed by atoms with Crippen LogP contribution in [0.3, 0.4) is 0 Å². The van der Waals surface area contributed by atoms with E-state index in [1.807, 2.05) is 23.7 Å². The maximum atomic E-state index is 11.8. The summed E-state index contributed by atoms with van der Waals surface area (Å²) in [7, 11) is 0. The minimum absolute atomic E-state index is 0.0817. The molecule has 0 bridgehead atoms. The molecule has 3 rings (SSSR count). The van der Waals surface area contributed by atoms with Crippen LogP contribution in [0.15, 0.2) is 23.7 Å². The topological polar surface area (TPSA) is 46.9 Å². The maximum Gasteiger partial charge on any atom is 0.225 e. The second kappa shape index (κ2) is 5.57. The number of amides is 1. The molecule has 0 aromatic carbocycles. The molecule has 5 heteroatoms. The van der Waals surface area contributed by atoms with E-state index in [0.717, 1.165) is 17.8 Å². The highest BCUT2D eigenvalue weighted by Crippen LogP contribution is 2.17. The number of hydrogen-bond donors (Lipinski definition) is 1. The van der Waals surface area contributed by atoms with Gasteiger partial charge in [-0.05, 0) is 30.7 Å². The Balaban J connectivity index is 1.57. The second-order valence-electron chi connectivity index (χ2n) is 4.83. The van der Waals surface area contributed by atoms with Crippen molar-refractivity contribution in [3.8, 4) is 0 Å². The van der Waals surface area contributed by atoms with E-state index in [-0.39, 0.29) is 5.91 Å². The number of carbonyl (C=O) groups is 1. The van der Waals surface area contributed by atoms with Crippen LogP contribution in [0.25, 0.3) is 0 Å². The Morgan fingerprint density at radius 3 is 3.26 bits per heavy atom. The summed E-state index contributed by atoms with van der Waals surface area (Å²) in [6, 6.07) is 3.97. The summed E-state index contributed by atoms with van der Waals surface area (Å²) in [5.74, 6) is 0.0817. The summed E-state index contributed by atoms with van der Waals surface area (Å²) in [5, 5.41) is 9.36. The molecule has 0 spiro atoms. The van der Waals surface area contributed by atoms with E-state index in [1.54, 1.807) is 11.3 Å². The second-order valence-corrected chi connectivity index (χ2v) is 5.86. The van der Waals surface area contributed by atoms with Crippen molar-refractivity contribution in [2.24, 2.45) is 0 Å². The Bertz CT molecular complexity index is 559. The van der Waals surface area contributed by atoms with E-state index in [1.165, 1.54) is 24.1 Å². The van der Waals surface area contributed by atoms with Gasteiger partial charge in [-0.3, -0.25) is 9.48 Å². The van der Waals surface area contributed by atoms with Crippen LogP contribution in [0.2, 0.25) is 0 Å². The number of nitrogens with zero attached hydrogens (tertiary/aromatic N) is 2. The highest BCUT2D eigenvalue weighted by atomic mass is 32.1. The van der Waals surface area contributed by atoms with Gasteiger partial charge in [0.05, 0.1) is 12.6 Å². The third kappa shape index (κ3) is 2.87. The summed E-state index contributed by atoms with van der Waals surface area (Å²) >= 11 is 1.62. The first-order chi connectivity index (χ1) is 9.33. The molecule has 1 amide bonds. The normalized spacial score (nSPS) is 14.1. The molecule has 0 saturated carbocycles. The van der Waals surface area contributed by atoms with Crippen molar-refractivity contribution in [3.63, 3.8) is 0 Å². The highest BCUT2D eigenvalue weighted by Gasteiger charge is 2.15. The minimum Gasteiger partial charge on any atom is -0.352 e. The first kappa shape index (κ1) is 12.4. The van der Waals surface area contributed by atoms with Crippen molar-refractivity contribution in [3.05, 3.63) is 39.8 Å². The van der Waals surface area contributed by atoms with E-state index < -0.39 is 0 Å². The number of nitrogens with one attached hydrogen (secondary N) is 1. The van der Waals surface area contributed by atoms with E-state index in [4.69, 9.17) is 0 Å². The summed E-state index contributed by atoms with van der Waals surface area (Å²) in [5.41, 5.74) is 2.46. The zero-order valence-electron chi connectivity index (χ0n) is 10.8. The van der Waals surface area contributed by atoms with Crippen molar-refractivity contribution < 1.29 is 4.79 Å². The van der Waals surface area contributed by atoms with Gasteiger partial charge in [-0.25, -0.2) is 0 Å². The van der Waals surface area contributed by atoms with E-state index in [0.29, 0.717) is 13.0 Å². The Kier molecular flexibility index (Phi) is 3.64. The fourth-order valence-electron chi connectivity index (χ4n) is 2.46. The van der Waals surface area contributed by atoms with E-state index in [2.05, 4.69) is 15.1 Å². The van der Waals surface area contributed by atoms with Crippen LogP contribution in [0.4, 0.5) is 0 Å². The maximum absolute atomic E-state index is 11.8. The quantitative estimate of drug-likeness (QED) is 0.929. The van der Waals surface area contributed by atoms with Crippen molar-refractivity contribution in [2.75, 3.05) is 0 Å². The Morgan fingerprint density at radius 1 is 1.47 bits per heavy atom. The number of aromatic nitrogens is 2. The van der Waals surface area contributed by atoms with Gasteiger partial charge in [0.25, 0.3) is 0 Å². The van der Waals surface area contributed by atoms with Crippen molar-refractivity contribution in [1.82, 2.24) is 15.1 Å². The highest BCUT2D eigenvalue weighted by molar-refractivity contribution is 7.10. The largest absolute Gasteiger partial charge is 0.352 e. The lowest BCUT2D eigenvalue weighted by Crippen LogP contribution is -2.25. The Hall–Kier alpha value is -1.62. The standard InChI is InChI=1S/C14H17N3OS/c18-14(8-12-4-3-7-19-12)15-9-11-10-16-17-6-2-1-5-13(11)17/h3-4,7,10H,1-2,5-6,8-9H2,(H,15,18). The average Bonchev–Trinajstić information content (AvgIpc) is 3.05. The van der Waals surface area contributed by atoms with Crippen LogP contribution in [0, 0.1) is 0 Å².